The molecular weight excluding hydrogens is 215 g/mol. The molecule has 5 heteroatoms. The fraction of sp³-hybridized carbons (Fsp3) is 0.200. The zero-order chi connectivity index (χ0) is 10.8. The number of aromatic nitrogens is 2. The van der Waals surface area contributed by atoms with Gasteiger partial charge in [0.1, 0.15) is 16.9 Å². The van der Waals surface area contributed by atoms with Crippen LogP contribution in [0.15, 0.2) is 23.8 Å². The van der Waals surface area contributed by atoms with Gasteiger partial charge in [0, 0.05) is 22.8 Å². The summed E-state index contributed by atoms with van der Waals surface area (Å²) in [5, 5.41) is 12.3. The second-order valence-corrected chi connectivity index (χ2v) is 4.06. The number of pyridine rings is 1. The standard InChI is InChI=1S/C10H9FN2OS/c1-6-5-15-10(13-6)9(14)7-2-8(11)4-12-3-7/h2-5,9,14H,1H3. The Hall–Kier alpha value is -1.33. The summed E-state index contributed by atoms with van der Waals surface area (Å²) in [5.41, 5.74) is 1.27. The average Bonchev–Trinajstić information content (AvgIpc) is 2.64. The van der Waals surface area contributed by atoms with Crippen molar-refractivity contribution in [1.29, 1.82) is 0 Å². The number of nitrogens with zero attached hydrogens (tertiary/aromatic N) is 2. The van der Waals surface area contributed by atoms with E-state index in [1.165, 1.54) is 23.6 Å². The zero-order valence-corrected chi connectivity index (χ0v) is 8.83. The number of rotatable bonds is 2. The first kappa shape index (κ1) is 10.2. The van der Waals surface area contributed by atoms with Crippen molar-refractivity contribution in [2.75, 3.05) is 0 Å². The predicted octanol–water partition coefficient (Wildman–Crippen LogP) is 2.07. The first-order valence-corrected chi connectivity index (χ1v) is 5.25. The topological polar surface area (TPSA) is 46.0 Å². The van der Waals surface area contributed by atoms with Gasteiger partial charge >= 0.3 is 0 Å². The Balaban J connectivity index is 2.32. The van der Waals surface area contributed by atoms with Crippen LogP contribution in [0.1, 0.15) is 22.4 Å². The molecule has 78 valence electrons. The first-order chi connectivity index (χ1) is 7.16. The van der Waals surface area contributed by atoms with Crippen LogP contribution in [-0.2, 0) is 0 Å². The molecule has 1 unspecified atom stereocenters. The normalized spacial score (nSPS) is 12.7. The van der Waals surface area contributed by atoms with Gasteiger partial charge in [-0.2, -0.15) is 0 Å². The van der Waals surface area contributed by atoms with E-state index in [1.54, 1.807) is 0 Å². The molecule has 0 fully saturated rings. The van der Waals surface area contributed by atoms with Crippen molar-refractivity contribution in [3.8, 4) is 0 Å². The number of hydrogen-bond donors (Lipinski definition) is 1. The van der Waals surface area contributed by atoms with Crippen molar-refractivity contribution in [2.24, 2.45) is 0 Å². The van der Waals surface area contributed by atoms with Crippen molar-refractivity contribution >= 4 is 11.3 Å². The number of aliphatic hydroxyl groups excluding tert-OH is 1. The lowest BCUT2D eigenvalue weighted by Gasteiger charge is -2.06. The van der Waals surface area contributed by atoms with Crippen LogP contribution in [-0.4, -0.2) is 15.1 Å². The molecule has 2 heterocycles. The minimum Gasteiger partial charge on any atom is -0.381 e. The van der Waals surface area contributed by atoms with Gasteiger partial charge in [0.25, 0.3) is 0 Å². The molecule has 1 atom stereocenters. The molecule has 0 aliphatic heterocycles. The fourth-order valence-corrected chi connectivity index (χ4v) is 2.02. The molecular formula is C10H9FN2OS. The van der Waals surface area contributed by atoms with Crippen molar-refractivity contribution in [3.05, 3.63) is 45.9 Å². The Kier molecular flexibility index (Phi) is 2.75. The van der Waals surface area contributed by atoms with E-state index >= 15 is 0 Å². The van der Waals surface area contributed by atoms with Gasteiger partial charge in [0.15, 0.2) is 0 Å². The molecule has 0 radical (unpaired) electrons. The van der Waals surface area contributed by atoms with Crippen LogP contribution in [0.5, 0.6) is 0 Å². The molecule has 2 aromatic rings. The van der Waals surface area contributed by atoms with Gasteiger partial charge in [-0.3, -0.25) is 4.98 Å². The maximum absolute atomic E-state index is 12.9. The summed E-state index contributed by atoms with van der Waals surface area (Å²) < 4.78 is 12.9. The molecule has 3 nitrogen and oxygen atoms in total. The molecule has 1 N–H and O–H groups in total. The van der Waals surface area contributed by atoms with Gasteiger partial charge in [0.2, 0.25) is 0 Å². The molecule has 0 saturated heterocycles. The Labute approximate surface area is 90.3 Å². The summed E-state index contributed by atoms with van der Waals surface area (Å²) in [6.45, 7) is 1.84. The molecule has 2 rings (SSSR count). The van der Waals surface area contributed by atoms with E-state index in [0.717, 1.165) is 11.9 Å². The summed E-state index contributed by atoms with van der Waals surface area (Å²) in [4.78, 5) is 7.81. The van der Waals surface area contributed by atoms with Crippen molar-refractivity contribution < 1.29 is 9.50 Å². The Morgan fingerprint density at radius 2 is 2.27 bits per heavy atom. The monoisotopic (exact) mass is 224 g/mol. The minimum atomic E-state index is -0.896. The highest BCUT2D eigenvalue weighted by molar-refractivity contribution is 7.09. The first-order valence-electron chi connectivity index (χ1n) is 4.37. The summed E-state index contributed by atoms with van der Waals surface area (Å²) in [6, 6.07) is 1.26. The van der Waals surface area contributed by atoms with E-state index in [2.05, 4.69) is 9.97 Å². The molecule has 0 spiro atoms. The number of thiazole rings is 1. The molecule has 2 aromatic heterocycles. The minimum absolute atomic E-state index is 0.421. The highest BCUT2D eigenvalue weighted by Gasteiger charge is 2.14. The van der Waals surface area contributed by atoms with Crippen LogP contribution in [0.25, 0.3) is 0 Å². The summed E-state index contributed by atoms with van der Waals surface area (Å²) >= 11 is 1.35. The zero-order valence-electron chi connectivity index (χ0n) is 8.01. The smallest absolute Gasteiger partial charge is 0.141 e. The molecule has 0 aromatic carbocycles. The molecule has 15 heavy (non-hydrogen) atoms. The van der Waals surface area contributed by atoms with Gasteiger partial charge in [0.05, 0.1) is 6.20 Å². The SMILES string of the molecule is Cc1csc(C(O)c2cncc(F)c2)n1. The van der Waals surface area contributed by atoms with Crippen LogP contribution < -0.4 is 0 Å². The van der Waals surface area contributed by atoms with Gasteiger partial charge in [-0.1, -0.05) is 0 Å². The lowest BCUT2D eigenvalue weighted by atomic mass is 10.2. The van der Waals surface area contributed by atoms with E-state index in [1.807, 2.05) is 12.3 Å². The Morgan fingerprint density at radius 3 is 2.87 bits per heavy atom. The van der Waals surface area contributed by atoms with Crippen molar-refractivity contribution in [2.45, 2.75) is 13.0 Å². The third-order valence-corrected chi connectivity index (χ3v) is 2.93. The van der Waals surface area contributed by atoms with Gasteiger partial charge in [-0.05, 0) is 13.0 Å². The fourth-order valence-electron chi connectivity index (χ4n) is 1.22. The lowest BCUT2D eigenvalue weighted by Crippen LogP contribution is -2.00. The van der Waals surface area contributed by atoms with E-state index < -0.39 is 11.9 Å². The van der Waals surface area contributed by atoms with Crippen LogP contribution in [0.4, 0.5) is 4.39 Å². The highest BCUT2D eigenvalue weighted by atomic mass is 32.1. The van der Waals surface area contributed by atoms with Crippen LogP contribution >= 0.6 is 11.3 Å². The third-order valence-electron chi connectivity index (χ3n) is 1.91. The molecule has 0 aliphatic rings. The van der Waals surface area contributed by atoms with Crippen LogP contribution in [0, 0.1) is 12.7 Å². The van der Waals surface area contributed by atoms with Crippen molar-refractivity contribution in [3.63, 3.8) is 0 Å². The van der Waals surface area contributed by atoms with Crippen molar-refractivity contribution in [1.82, 2.24) is 9.97 Å². The Bertz CT molecular complexity index is 472. The second-order valence-electron chi connectivity index (χ2n) is 3.17. The van der Waals surface area contributed by atoms with Gasteiger partial charge in [-0.15, -0.1) is 11.3 Å². The largest absolute Gasteiger partial charge is 0.381 e. The quantitative estimate of drug-likeness (QED) is 0.849. The number of aliphatic hydroxyl groups is 1. The summed E-state index contributed by atoms with van der Waals surface area (Å²) in [7, 11) is 0. The number of aryl methyl sites for hydroxylation is 1. The van der Waals surface area contributed by atoms with E-state index in [0.29, 0.717) is 10.6 Å². The average molecular weight is 224 g/mol. The molecule has 0 amide bonds. The van der Waals surface area contributed by atoms with E-state index in [-0.39, 0.29) is 0 Å². The van der Waals surface area contributed by atoms with E-state index in [4.69, 9.17) is 0 Å². The van der Waals surface area contributed by atoms with Crippen LogP contribution in [0.3, 0.4) is 0 Å². The number of halogens is 1. The highest BCUT2D eigenvalue weighted by Crippen LogP contribution is 2.24. The Morgan fingerprint density at radius 1 is 1.47 bits per heavy atom. The third kappa shape index (κ3) is 2.19. The van der Waals surface area contributed by atoms with Gasteiger partial charge in [-0.25, -0.2) is 9.37 Å². The maximum atomic E-state index is 12.9. The summed E-state index contributed by atoms with van der Waals surface area (Å²) in [5.74, 6) is -0.458. The predicted molar refractivity (Wildman–Crippen MR) is 55.1 cm³/mol. The summed E-state index contributed by atoms with van der Waals surface area (Å²) in [6.07, 6.45) is 1.64. The molecule has 0 saturated carbocycles. The van der Waals surface area contributed by atoms with Crippen LogP contribution in [0.2, 0.25) is 0 Å². The molecule has 0 bridgehead atoms. The lowest BCUT2D eigenvalue weighted by molar-refractivity contribution is 0.218. The second kappa shape index (κ2) is 4.04. The molecule has 0 aliphatic carbocycles. The maximum Gasteiger partial charge on any atom is 0.141 e. The van der Waals surface area contributed by atoms with Gasteiger partial charge < -0.3 is 5.11 Å². The van der Waals surface area contributed by atoms with E-state index in [9.17, 15) is 9.50 Å². The number of hydrogen-bond acceptors (Lipinski definition) is 4.